The summed E-state index contributed by atoms with van der Waals surface area (Å²) in [5.41, 5.74) is 4.12. The topological polar surface area (TPSA) is 78.4 Å². The summed E-state index contributed by atoms with van der Waals surface area (Å²) in [5, 5.41) is 3.97. The van der Waals surface area contributed by atoms with E-state index in [1.165, 1.54) is 0 Å². The van der Waals surface area contributed by atoms with Gasteiger partial charge in [0.1, 0.15) is 0 Å². The summed E-state index contributed by atoms with van der Waals surface area (Å²) in [7, 11) is 3.48. The predicted molar refractivity (Wildman–Crippen MR) is 110 cm³/mol. The summed E-state index contributed by atoms with van der Waals surface area (Å²) in [4.78, 5) is 37.1. The molecule has 0 saturated heterocycles. The SMILES string of the molecule is Cc1nc2ccc(NC(=O)c3cncc4c3CCN(C(=O)N(C)C)C4)cc2s1. The number of benzene rings is 1. The molecule has 0 spiro atoms. The van der Waals surface area contributed by atoms with Crippen LogP contribution in [0.15, 0.2) is 30.6 Å². The first-order valence-corrected chi connectivity index (χ1v) is 9.84. The summed E-state index contributed by atoms with van der Waals surface area (Å²) in [6.45, 7) is 3.02. The number of nitrogens with zero attached hydrogens (tertiary/aromatic N) is 4. The Kier molecular flexibility index (Phi) is 4.72. The minimum Gasteiger partial charge on any atom is -0.331 e. The Labute approximate surface area is 167 Å². The molecule has 1 aliphatic heterocycles. The molecule has 8 heteroatoms. The van der Waals surface area contributed by atoms with E-state index in [0.717, 1.165) is 32.0 Å². The highest BCUT2D eigenvalue weighted by Gasteiger charge is 2.25. The number of rotatable bonds is 2. The summed E-state index contributed by atoms with van der Waals surface area (Å²) in [5.74, 6) is -0.183. The summed E-state index contributed by atoms with van der Waals surface area (Å²) in [6.07, 6.45) is 3.98. The monoisotopic (exact) mass is 395 g/mol. The van der Waals surface area contributed by atoms with Gasteiger partial charge in [-0.2, -0.15) is 0 Å². The molecule has 2 aromatic heterocycles. The lowest BCUT2D eigenvalue weighted by Crippen LogP contribution is -2.42. The van der Waals surface area contributed by atoms with Gasteiger partial charge in [-0.25, -0.2) is 9.78 Å². The zero-order valence-electron chi connectivity index (χ0n) is 16.0. The van der Waals surface area contributed by atoms with Crippen molar-refractivity contribution >= 4 is 39.2 Å². The van der Waals surface area contributed by atoms with Gasteiger partial charge in [0.15, 0.2) is 0 Å². The van der Waals surface area contributed by atoms with Crippen LogP contribution in [0.25, 0.3) is 10.2 Å². The minimum atomic E-state index is -0.183. The number of carbonyl (C=O) groups excluding carboxylic acids is 2. The summed E-state index contributed by atoms with van der Waals surface area (Å²) >= 11 is 1.60. The zero-order chi connectivity index (χ0) is 19.8. The number of nitrogens with one attached hydrogen (secondary N) is 1. The fraction of sp³-hybridized carbons (Fsp3) is 0.300. The van der Waals surface area contributed by atoms with Crippen LogP contribution in [0.1, 0.15) is 26.5 Å². The average molecular weight is 395 g/mol. The molecule has 0 radical (unpaired) electrons. The van der Waals surface area contributed by atoms with Gasteiger partial charge in [0, 0.05) is 45.3 Å². The molecule has 3 aromatic rings. The number of thiazole rings is 1. The van der Waals surface area contributed by atoms with Crippen molar-refractivity contribution in [1.82, 2.24) is 19.8 Å². The van der Waals surface area contributed by atoms with Crippen LogP contribution in [-0.2, 0) is 13.0 Å². The van der Waals surface area contributed by atoms with E-state index < -0.39 is 0 Å². The minimum absolute atomic E-state index is 0.0337. The molecule has 4 rings (SSSR count). The molecule has 1 N–H and O–H groups in total. The molecule has 0 atom stereocenters. The lowest BCUT2D eigenvalue weighted by molar-refractivity contribution is 0.102. The van der Waals surface area contributed by atoms with Gasteiger partial charge in [0.25, 0.3) is 5.91 Å². The van der Waals surface area contributed by atoms with E-state index in [4.69, 9.17) is 0 Å². The maximum atomic E-state index is 12.9. The van der Waals surface area contributed by atoms with Crippen molar-refractivity contribution in [3.05, 3.63) is 52.3 Å². The molecule has 7 nitrogen and oxygen atoms in total. The van der Waals surface area contributed by atoms with Crippen LogP contribution >= 0.6 is 11.3 Å². The number of pyridine rings is 1. The van der Waals surface area contributed by atoms with E-state index in [1.807, 2.05) is 25.1 Å². The van der Waals surface area contributed by atoms with Gasteiger partial charge in [-0.05, 0) is 42.7 Å². The molecule has 1 aliphatic rings. The number of carbonyl (C=O) groups is 2. The van der Waals surface area contributed by atoms with Crippen LogP contribution in [0.3, 0.4) is 0 Å². The second kappa shape index (κ2) is 7.20. The smallest absolute Gasteiger partial charge is 0.319 e. The normalized spacial score (nSPS) is 13.3. The van der Waals surface area contributed by atoms with Crippen LogP contribution in [0, 0.1) is 6.92 Å². The largest absolute Gasteiger partial charge is 0.331 e. The number of hydrogen-bond acceptors (Lipinski definition) is 5. The van der Waals surface area contributed by atoms with E-state index in [2.05, 4.69) is 15.3 Å². The van der Waals surface area contributed by atoms with Crippen molar-refractivity contribution < 1.29 is 9.59 Å². The van der Waals surface area contributed by atoms with Crippen LogP contribution in [0.4, 0.5) is 10.5 Å². The number of aryl methyl sites for hydroxylation is 1. The van der Waals surface area contributed by atoms with Gasteiger partial charge in [-0.3, -0.25) is 9.78 Å². The first-order valence-electron chi connectivity index (χ1n) is 9.03. The summed E-state index contributed by atoms with van der Waals surface area (Å²) < 4.78 is 1.04. The van der Waals surface area contributed by atoms with E-state index >= 15 is 0 Å². The molecule has 3 heterocycles. The fourth-order valence-electron chi connectivity index (χ4n) is 3.45. The molecule has 1 aromatic carbocycles. The first kappa shape index (κ1) is 18.4. The van der Waals surface area contributed by atoms with E-state index in [0.29, 0.717) is 25.1 Å². The highest BCUT2D eigenvalue weighted by molar-refractivity contribution is 7.18. The van der Waals surface area contributed by atoms with Crippen molar-refractivity contribution in [3.63, 3.8) is 0 Å². The molecular formula is C20H21N5O2S. The lowest BCUT2D eigenvalue weighted by atomic mass is 9.97. The second-order valence-electron chi connectivity index (χ2n) is 7.04. The molecule has 0 bridgehead atoms. The maximum Gasteiger partial charge on any atom is 0.319 e. The van der Waals surface area contributed by atoms with Crippen molar-refractivity contribution in [2.75, 3.05) is 26.0 Å². The van der Waals surface area contributed by atoms with Crippen LogP contribution in [0.2, 0.25) is 0 Å². The zero-order valence-corrected chi connectivity index (χ0v) is 16.8. The lowest BCUT2D eigenvalue weighted by Gasteiger charge is -2.31. The van der Waals surface area contributed by atoms with Crippen molar-refractivity contribution in [2.24, 2.45) is 0 Å². The highest BCUT2D eigenvalue weighted by atomic mass is 32.1. The van der Waals surface area contributed by atoms with E-state index in [-0.39, 0.29) is 11.9 Å². The molecule has 144 valence electrons. The third-order valence-corrected chi connectivity index (χ3v) is 5.72. The van der Waals surface area contributed by atoms with E-state index in [9.17, 15) is 9.59 Å². The number of anilines is 1. The Bertz CT molecular complexity index is 1080. The first-order chi connectivity index (χ1) is 13.4. The Hall–Kier alpha value is -3.00. The third-order valence-electron chi connectivity index (χ3n) is 4.79. The molecule has 0 aliphatic carbocycles. The Morgan fingerprint density at radius 3 is 2.86 bits per heavy atom. The molecule has 0 unspecified atom stereocenters. The number of amides is 3. The Balaban J connectivity index is 1.57. The number of urea groups is 1. The van der Waals surface area contributed by atoms with Gasteiger partial charge >= 0.3 is 6.03 Å². The predicted octanol–water partition coefficient (Wildman–Crippen LogP) is 3.29. The number of aromatic nitrogens is 2. The Morgan fingerprint density at radius 2 is 2.07 bits per heavy atom. The van der Waals surface area contributed by atoms with Crippen molar-refractivity contribution in [2.45, 2.75) is 19.9 Å². The molecule has 28 heavy (non-hydrogen) atoms. The highest BCUT2D eigenvalue weighted by Crippen LogP contribution is 2.26. The van der Waals surface area contributed by atoms with Gasteiger partial charge < -0.3 is 15.1 Å². The average Bonchev–Trinajstić information content (AvgIpc) is 3.05. The Morgan fingerprint density at radius 1 is 1.25 bits per heavy atom. The van der Waals surface area contributed by atoms with Crippen molar-refractivity contribution in [3.8, 4) is 0 Å². The fourth-order valence-corrected chi connectivity index (χ4v) is 4.32. The van der Waals surface area contributed by atoms with Crippen LogP contribution in [0.5, 0.6) is 0 Å². The van der Waals surface area contributed by atoms with Gasteiger partial charge in [0.2, 0.25) is 0 Å². The number of hydrogen-bond donors (Lipinski definition) is 1. The number of fused-ring (bicyclic) bond motifs is 2. The van der Waals surface area contributed by atoms with Crippen LogP contribution < -0.4 is 5.32 Å². The van der Waals surface area contributed by atoms with Crippen LogP contribution in [-0.4, -0.2) is 52.3 Å². The third kappa shape index (κ3) is 3.43. The van der Waals surface area contributed by atoms with Crippen molar-refractivity contribution in [1.29, 1.82) is 0 Å². The molecule has 0 saturated carbocycles. The van der Waals surface area contributed by atoms with E-state index in [1.54, 1.807) is 47.6 Å². The molecular weight excluding hydrogens is 374 g/mol. The van der Waals surface area contributed by atoms with Gasteiger partial charge in [-0.1, -0.05) is 0 Å². The standard InChI is InChI=1S/C20H21N5O2S/c1-12-22-17-5-4-14(8-18(17)28-12)23-19(26)16-10-21-9-13-11-25(7-6-15(13)16)20(27)24(2)3/h4-5,8-10H,6-7,11H2,1-3H3,(H,23,26). The van der Waals surface area contributed by atoms with Gasteiger partial charge in [0.05, 0.1) is 20.8 Å². The molecule has 0 fully saturated rings. The molecule has 3 amide bonds. The van der Waals surface area contributed by atoms with Gasteiger partial charge in [-0.15, -0.1) is 11.3 Å². The maximum absolute atomic E-state index is 12.9. The summed E-state index contributed by atoms with van der Waals surface area (Å²) in [6, 6.07) is 5.68. The second-order valence-corrected chi connectivity index (χ2v) is 8.28. The quantitative estimate of drug-likeness (QED) is 0.722.